The Kier molecular flexibility index (Phi) is 2.92. The quantitative estimate of drug-likeness (QED) is 0.846. The molecular weight excluding hydrogens is 219 g/mol. The van der Waals surface area contributed by atoms with Crippen LogP contribution in [0.15, 0.2) is 0 Å². The zero-order valence-corrected chi connectivity index (χ0v) is 9.06. The van der Waals surface area contributed by atoms with Crippen LogP contribution in [0.3, 0.4) is 0 Å². The van der Waals surface area contributed by atoms with Crippen LogP contribution in [0.2, 0.25) is 0 Å². The van der Waals surface area contributed by atoms with Gasteiger partial charge in [-0.05, 0) is 26.3 Å². The second-order valence-corrected chi connectivity index (χ2v) is 3.97. The molecule has 0 saturated carbocycles. The smallest absolute Gasteiger partial charge is 0.324 e. The highest BCUT2D eigenvalue weighted by Crippen LogP contribution is 2.32. The molecule has 3 nitrogen and oxygen atoms in total. The van der Waals surface area contributed by atoms with Crippen LogP contribution in [0.25, 0.3) is 0 Å². The summed E-state index contributed by atoms with van der Waals surface area (Å²) < 4.78 is 39.5. The molecule has 0 bridgehead atoms. The summed E-state index contributed by atoms with van der Waals surface area (Å²) in [6.45, 7) is 0.826. The fourth-order valence-corrected chi connectivity index (χ4v) is 2.14. The zero-order valence-electron chi connectivity index (χ0n) is 9.06. The maximum atomic E-state index is 12.7. The number of fused-ring (bicyclic) bond motifs is 1. The topological polar surface area (TPSA) is 29.9 Å². The van der Waals surface area contributed by atoms with Crippen LogP contribution in [0.5, 0.6) is 0 Å². The number of imidazole rings is 1. The molecule has 0 amide bonds. The van der Waals surface area contributed by atoms with Gasteiger partial charge in [-0.3, -0.25) is 0 Å². The Balaban J connectivity index is 2.46. The number of aromatic nitrogens is 2. The lowest BCUT2D eigenvalue weighted by atomic mass is 10.1. The summed E-state index contributed by atoms with van der Waals surface area (Å²) in [5.74, 6) is -0.743. The Bertz CT molecular complexity index is 381. The third-order valence-corrected chi connectivity index (χ3v) is 2.80. The van der Waals surface area contributed by atoms with Gasteiger partial charge < -0.3 is 9.88 Å². The molecule has 1 aromatic rings. The van der Waals surface area contributed by atoms with Crippen LogP contribution in [0.1, 0.15) is 30.1 Å². The van der Waals surface area contributed by atoms with E-state index in [1.54, 1.807) is 7.05 Å². The summed E-state index contributed by atoms with van der Waals surface area (Å²) in [7, 11) is 1.71. The first-order chi connectivity index (χ1) is 7.54. The van der Waals surface area contributed by atoms with Crippen molar-refractivity contribution in [1.29, 1.82) is 0 Å². The second-order valence-electron chi connectivity index (χ2n) is 3.97. The van der Waals surface area contributed by atoms with Crippen molar-refractivity contribution < 1.29 is 13.2 Å². The van der Waals surface area contributed by atoms with Gasteiger partial charge in [0.2, 0.25) is 5.82 Å². The first-order valence-electron chi connectivity index (χ1n) is 5.34. The Labute approximate surface area is 91.7 Å². The van der Waals surface area contributed by atoms with Crippen molar-refractivity contribution in [3.8, 4) is 0 Å². The van der Waals surface area contributed by atoms with Gasteiger partial charge in [0, 0.05) is 18.8 Å². The van der Waals surface area contributed by atoms with E-state index in [-0.39, 0.29) is 0 Å². The van der Waals surface area contributed by atoms with Gasteiger partial charge in [-0.1, -0.05) is 0 Å². The predicted octanol–water partition coefficient (Wildman–Crippen LogP) is 1.96. The highest BCUT2D eigenvalue weighted by Gasteiger charge is 2.39. The van der Waals surface area contributed by atoms with Gasteiger partial charge in [-0.15, -0.1) is 0 Å². The summed E-state index contributed by atoms with van der Waals surface area (Å²) in [6, 6.07) is 0. The van der Waals surface area contributed by atoms with Crippen molar-refractivity contribution in [3.05, 3.63) is 17.2 Å². The standard InChI is InChI=1S/C10H14F3N3/c1-14-6-7-8-4-2-3-5-16(8)9(15-7)10(11,12)13/h14H,2-6H2,1H3. The minimum Gasteiger partial charge on any atom is -0.324 e. The van der Waals surface area contributed by atoms with Gasteiger partial charge in [0.05, 0.1) is 5.69 Å². The van der Waals surface area contributed by atoms with Gasteiger partial charge in [0.1, 0.15) is 0 Å². The van der Waals surface area contributed by atoms with Gasteiger partial charge in [-0.25, -0.2) is 4.98 Å². The van der Waals surface area contributed by atoms with Crippen molar-refractivity contribution in [1.82, 2.24) is 14.9 Å². The number of nitrogens with zero attached hydrogens (tertiary/aromatic N) is 2. The summed E-state index contributed by atoms with van der Waals surface area (Å²) in [5.41, 5.74) is 1.28. The van der Waals surface area contributed by atoms with Crippen molar-refractivity contribution in [2.75, 3.05) is 7.05 Å². The second kappa shape index (κ2) is 4.08. The molecule has 1 aromatic heterocycles. The zero-order chi connectivity index (χ0) is 11.8. The molecule has 90 valence electrons. The molecule has 6 heteroatoms. The monoisotopic (exact) mass is 233 g/mol. The molecule has 2 heterocycles. The van der Waals surface area contributed by atoms with E-state index in [0.717, 1.165) is 18.5 Å². The lowest BCUT2D eigenvalue weighted by Crippen LogP contribution is -2.19. The predicted molar refractivity (Wildman–Crippen MR) is 52.9 cm³/mol. The molecule has 2 rings (SSSR count). The number of nitrogens with one attached hydrogen (secondary N) is 1. The van der Waals surface area contributed by atoms with Crippen molar-refractivity contribution >= 4 is 0 Å². The summed E-state index contributed by atoms with van der Waals surface area (Å²) >= 11 is 0. The van der Waals surface area contributed by atoms with Gasteiger partial charge in [0.15, 0.2) is 0 Å². The molecular formula is C10H14F3N3. The third kappa shape index (κ3) is 1.93. The SMILES string of the molecule is CNCc1nc(C(F)(F)F)n2c1CCCC2. The van der Waals surface area contributed by atoms with Crippen molar-refractivity contribution in [2.45, 2.75) is 38.5 Å². The van der Waals surface area contributed by atoms with Crippen LogP contribution >= 0.6 is 0 Å². The number of hydrogen-bond acceptors (Lipinski definition) is 2. The van der Waals surface area contributed by atoms with Gasteiger partial charge >= 0.3 is 6.18 Å². The van der Waals surface area contributed by atoms with E-state index in [4.69, 9.17) is 0 Å². The minimum atomic E-state index is -4.35. The van der Waals surface area contributed by atoms with Crippen LogP contribution in [0.4, 0.5) is 13.2 Å². The Morgan fingerprint density at radius 3 is 2.75 bits per heavy atom. The molecule has 16 heavy (non-hydrogen) atoms. The molecule has 1 N–H and O–H groups in total. The lowest BCUT2D eigenvalue weighted by molar-refractivity contribution is -0.147. The number of hydrogen-bond donors (Lipinski definition) is 1. The average molecular weight is 233 g/mol. The number of halogens is 3. The van der Waals surface area contributed by atoms with E-state index in [2.05, 4.69) is 10.3 Å². The maximum absolute atomic E-state index is 12.7. The lowest BCUT2D eigenvalue weighted by Gasteiger charge is -2.18. The Hall–Kier alpha value is -1.04. The fourth-order valence-electron chi connectivity index (χ4n) is 2.14. The van der Waals surface area contributed by atoms with E-state index >= 15 is 0 Å². The third-order valence-electron chi connectivity index (χ3n) is 2.80. The molecule has 0 aliphatic carbocycles. The number of alkyl halides is 3. The highest BCUT2D eigenvalue weighted by molar-refractivity contribution is 5.20. The van der Waals surface area contributed by atoms with E-state index < -0.39 is 12.0 Å². The van der Waals surface area contributed by atoms with E-state index in [9.17, 15) is 13.2 Å². The highest BCUT2D eigenvalue weighted by atomic mass is 19.4. The minimum absolute atomic E-state index is 0.394. The van der Waals surface area contributed by atoms with E-state index in [0.29, 0.717) is 25.2 Å². The van der Waals surface area contributed by atoms with Crippen LogP contribution in [-0.4, -0.2) is 16.6 Å². The molecule has 0 radical (unpaired) electrons. The summed E-state index contributed by atoms with van der Waals surface area (Å²) in [5, 5.41) is 2.86. The van der Waals surface area contributed by atoms with E-state index in [1.165, 1.54) is 4.57 Å². The van der Waals surface area contributed by atoms with Gasteiger partial charge in [-0.2, -0.15) is 13.2 Å². The van der Waals surface area contributed by atoms with Crippen LogP contribution in [-0.2, 0) is 25.7 Å². The molecule has 0 spiro atoms. The molecule has 0 aromatic carbocycles. The largest absolute Gasteiger partial charge is 0.449 e. The average Bonchev–Trinajstić information content (AvgIpc) is 2.58. The molecule has 0 saturated heterocycles. The van der Waals surface area contributed by atoms with Crippen molar-refractivity contribution in [2.24, 2.45) is 0 Å². The Morgan fingerprint density at radius 1 is 1.38 bits per heavy atom. The molecule has 0 fully saturated rings. The first-order valence-corrected chi connectivity index (χ1v) is 5.34. The van der Waals surface area contributed by atoms with Crippen molar-refractivity contribution in [3.63, 3.8) is 0 Å². The normalized spacial score (nSPS) is 16.2. The molecule has 1 aliphatic heterocycles. The summed E-state index contributed by atoms with van der Waals surface area (Å²) in [6.07, 6.45) is -1.91. The Morgan fingerprint density at radius 2 is 2.12 bits per heavy atom. The molecule has 0 atom stereocenters. The van der Waals surface area contributed by atoms with E-state index in [1.807, 2.05) is 0 Å². The number of rotatable bonds is 2. The summed E-state index contributed by atoms with van der Waals surface area (Å²) in [4.78, 5) is 3.73. The molecule has 1 aliphatic rings. The van der Waals surface area contributed by atoms with Crippen LogP contribution < -0.4 is 5.32 Å². The van der Waals surface area contributed by atoms with Crippen LogP contribution in [0, 0.1) is 0 Å². The maximum Gasteiger partial charge on any atom is 0.449 e. The fraction of sp³-hybridized carbons (Fsp3) is 0.700. The first kappa shape index (κ1) is 11.4. The molecule has 0 unspecified atom stereocenters. The van der Waals surface area contributed by atoms with Gasteiger partial charge in [0.25, 0.3) is 0 Å².